The van der Waals surface area contributed by atoms with Crippen molar-refractivity contribution < 1.29 is 4.74 Å². The van der Waals surface area contributed by atoms with Gasteiger partial charge in [0.05, 0.1) is 23.3 Å². The molecule has 0 atom stereocenters. The van der Waals surface area contributed by atoms with Gasteiger partial charge < -0.3 is 15.0 Å². The Morgan fingerprint density at radius 1 is 1.11 bits per heavy atom. The van der Waals surface area contributed by atoms with E-state index in [1.165, 1.54) is 0 Å². The Morgan fingerprint density at radius 3 is 2.47 bits per heavy atom. The maximum atomic E-state index is 6.10. The normalized spacial score (nSPS) is 11.3. The van der Waals surface area contributed by atoms with Crippen molar-refractivity contribution in [2.75, 3.05) is 40.4 Å². The van der Waals surface area contributed by atoms with Gasteiger partial charge in [-0.3, -0.25) is 0 Å². The summed E-state index contributed by atoms with van der Waals surface area (Å²) in [4.78, 5) is 2.08. The average molecular weight is 326 g/mol. The first kappa shape index (κ1) is 17.0. The van der Waals surface area contributed by atoms with Crippen LogP contribution in [0.4, 0.5) is 0 Å². The van der Waals surface area contributed by atoms with Crippen LogP contribution in [0.3, 0.4) is 0 Å². The van der Waals surface area contributed by atoms with E-state index in [1.807, 2.05) is 14.1 Å². The van der Waals surface area contributed by atoms with Crippen LogP contribution in [0, 0.1) is 0 Å². The third kappa shape index (κ3) is 6.30. The Kier molecular flexibility index (Phi) is 8.07. The van der Waals surface area contributed by atoms with E-state index >= 15 is 0 Å². The second kappa shape index (κ2) is 9.01. The standard InChI is InChI=1S/C13H19Cl3N2O/c1-18(2)6-8-19-7-5-17-9-10-11(14)3-4-12(15)13(10)16/h3-4,17H,5-9H2,1-2H3. The van der Waals surface area contributed by atoms with Crippen molar-refractivity contribution in [1.82, 2.24) is 10.2 Å². The predicted octanol–water partition coefficient (Wildman–Crippen LogP) is 3.31. The third-order valence-corrected chi connectivity index (χ3v) is 3.74. The Balaban J connectivity index is 2.25. The lowest BCUT2D eigenvalue weighted by Crippen LogP contribution is -2.23. The molecule has 108 valence electrons. The highest BCUT2D eigenvalue weighted by molar-refractivity contribution is 6.44. The summed E-state index contributed by atoms with van der Waals surface area (Å²) in [5, 5.41) is 4.88. The lowest BCUT2D eigenvalue weighted by Gasteiger charge is -2.11. The van der Waals surface area contributed by atoms with Gasteiger partial charge in [0, 0.05) is 30.2 Å². The van der Waals surface area contributed by atoms with E-state index in [-0.39, 0.29) is 0 Å². The zero-order chi connectivity index (χ0) is 14.3. The van der Waals surface area contributed by atoms with Gasteiger partial charge >= 0.3 is 0 Å². The lowest BCUT2D eigenvalue weighted by atomic mass is 10.2. The van der Waals surface area contributed by atoms with E-state index < -0.39 is 0 Å². The maximum absolute atomic E-state index is 6.10. The summed E-state index contributed by atoms with van der Waals surface area (Å²) < 4.78 is 5.47. The van der Waals surface area contributed by atoms with Crippen LogP contribution in [0.25, 0.3) is 0 Å². The van der Waals surface area contributed by atoms with Crippen LogP contribution in [0.15, 0.2) is 12.1 Å². The van der Waals surface area contributed by atoms with Crippen LogP contribution >= 0.6 is 34.8 Å². The summed E-state index contributed by atoms with van der Waals surface area (Å²) in [5.41, 5.74) is 0.823. The molecule has 0 aliphatic heterocycles. The second-order valence-corrected chi connectivity index (χ2v) is 5.61. The molecule has 0 spiro atoms. The van der Waals surface area contributed by atoms with E-state index in [2.05, 4.69) is 10.2 Å². The fourth-order valence-corrected chi connectivity index (χ4v) is 2.12. The van der Waals surface area contributed by atoms with E-state index in [1.54, 1.807) is 12.1 Å². The summed E-state index contributed by atoms with van der Waals surface area (Å²) >= 11 is 18.1. The minimum Gasteiger partial charge on any atom is -0.379 e. The zero-order valence-electron chi connectivity index (χ0n) is 11.2. The number of benzene rings is 1. The molecule has 0 aliphatic carbocycles. The van der Waals surface area contributed by atoms with Crippen LogP contribution in [0.2, 0.25) is 15.1 Å². The van der Waals surface area contributed by atoms with Crippen molar-refractivity contribution >= 4 is 34.8 Å². The van der Waals surface area contributed by atoms with Gasteiger partial charge in [-0.1, -0.05) is 34.8 Å². The summed E-state index contributed by atoms with van der Waals surface area (Å²) in [6.45, 7) is 3.63. The Morgan fingerprint density at radius 2 is 1.79 bits per heavy atom. The fourth-order valence-electron chi connectivity index (χ4n) is 1.44. The van der Waals surface area contributed by atoms with E-state index in [0.717, 1.165) is 25.3 Å². The van der Waals surface area contributed by atoms with Crippen LogP contribution in [0.1, 0.15) is 5.56 Å². The SMILES string of the molecule is CN(C)CCOCCNCc1c(Cl)ccc(Cl)c1Cl. The molecular formula is C13H19Cl3N2O. The molecule has 0 aliphatic rings. The number of likely N-dealkylation sites (N-methyl/N-ethyl adjacent to an activating group) is 1. The molecule has 0 heterocycles. The highest BCUT2D eigenvalue weighted by Gasteiger charge is 2.08. The van der Waals surface area contributed by atoms with Crippen LogP contribution in [-0.2, 0) is 11.3 Å². The van der Waals surface area contributed by atoms with E-state index in [0.29, 0.717) is 28.2 Å². The van der Waals surface area contributed by atoms with E-state index in [9.17, 15) is 0 Å². The molecule has 6 heteroatoms. The number of halogens is 3. The Labute approximate surface area is 129 Å². The fraction of sp³-hybridized carbons (Fsp3) is 0.538. The largest absolute Gasteiger partial charge is 0.379 e. The molecule has 1 aromatic carbocycles. The van der Waals surface area contributed by atoms with Crippen LogP contribution in [0.5, 0.6) is 0 Å². The zero-order valence-corrected chi connectivity index (χ0v) is 13.4. The van der Waals surface area contributed by atoms with Gasteiger partial charge in [0.15, 0.2) is 0 Å². The molecule has 0 radical (unpaired) electrons. The van der Waals surface area contributed by atoms with Gasteiger partial charge in [-0.15, -0.1) is 0 Å². The van der Waals surface area contributed by atoms with Gasteiger partial charge in [-0.2, -0.15) is 0 Å². The van der Waals surface area contributed by atoms with Crippen molar-refractivity contribution in [1.29, 1.82) is 0 Å². The monoisotopic (exact) mass is 324 g/mol. The van der Waals surface area contributed by atoms with E-state index in [4.69, 9.17) is 39.5 Å². The number of rotatable bonds is 8. The third-order valence-electron chi connectivity index (χ3n) is 2.55. The first-order valence-electron chi connectivity index (χ1n) is 6.08. The molecule has 0 aromatic heterocycles. The highest BCUT2D eigenvalue weighted by atomic mass is 35.5. The molecule has 0 unspecified atom stereocenters. The van der Waals surface area contributed by atoms with Gasteiger partial charge in [0.2, 0.25) is 0 Å². The predicted molar refractivity (Wildman–Crippen MR) is 82.6 cm³/mol. The van der Waals surface area contributed by atoms with Crippen LogP contribution < -0.4 is 5.32 Å². The molecule has 0 amide bonds. The first-order chi connectivity index (χ1) is 9.02. The number of ether oxygens (including phenoxy) is 1. The number of hydrogen-bond donors (Lipinski definition) is 1. The topological polar surface area (TPSA) is 24.5 Å². The van der Waals surface area contributed by atoms with Gasteiger partial charge in [0.25, 0.3) is 0 Å². The summed E-state index contributed by atoms with van der Waals surface area (Å²) in [6, 6.07) is 3.44. The smallest absolute Gasteiger partial charge is 0.0652 e. The molecule has 0 saturated carbocycles. The quantitative estimate of drug-likeness (QED) is 0.586. The minimum atomic E-state index is 0.509. The number of hydrogen-bond acceptors (Lipinski definition) is 3. The lowest BCUT2D eigenvalue weighted by molar-refractivity contribution is 0.119. The Hall–Kier alpha value is -0.0300. The Bertz CT molecular complexity index is 400. The molecular weight excluding hydrogens is 307 g/mol. The van der Waals surface area contributed by atoms with Gasteiger partial charge in [-0.25, -0.2) is 0 Å². The van der Waals surface area contributed by atoms with Gasteiger partial charge in [0.1, 0.15) is 0 Å². The molecule has 0 fully saturated rings. The maximum Gasteiger partial charge on any atom is 0.0652 e. The van der Waals surface area contributed by atoms with Gasteiger partial charge in [-0.05, 0) is 26.2 Å². The first-order valence-corrected chi connectivity index (χ1v) is 7.21. The molecule has 0 saturated heterocycles. The van der Waals surface area contributed by atoms with Crippen molar-refractivity contribution in [3.05, 3.63) is 32.8 Å². The van der Waals surface area contributed by atoms with Crippen molar-refractivity contribution in [2.45, 2.75) is 6.54 Å². The van der Waals surface area contributed by atoms with Crippen molar-refractivity contribution in [2.24, 2.45) is 0 Å². The molecule has 0 bridgehead atoms. The molecule has 3 nitrogen and oxygen atoms in total. The van der Waals surface area contributed by atoms with Crippen molar-refractivity contribution in [3.8, 4) is 0 Å². The summed E-state index contributed by atoms with van der Waals surface area (Å²) in [6.07, 6.45) is 0. The second-order valence-electron chi connectivity index (χ2n) is 4.41. The number of nitrogens with one attached hydrogen (secondary N) is 1. The number of nitrogens with zero attached hydrogens (tertiary/aromatic N) is 1. The summed E-state index contributed by atoms with van der Waals surface area (Å²) in [5.74, 6) is 0. The summed E-state index contributed by atoms with van der Waals surface area (Å²) in [7, 11) is 4.04. The van der Waals surface area contributed by atoms with Crippen molar-refractivity contribution in [3.63, 3.8) is 0 Å². The van der Waals surface area contributed by atoms with Crippen LogP contribution in [-0.4, -0.2) is 45.3 Å². The molecule has 1 N–H and O–H groups in total. The molecule has 19 heavy (non-hydrogen) atoms. The molecule has 1 aromatic rings. The average Bonchev–Trinajstić information content (AvgIpc) is 2.36. The molecule has 1 rings (SSSR count). The highest BCUT2D eigenvalue weighted by Crippen LogP contribution is 2.31. The minimum absolute atomic E-state index is 0.509.